The molecule has 0 saturated heterocycles. The van der Waals surface area contributed by atoms with E-state index in [1.807, 2.05) is 0 Å². The molecule has 0 aliphatic carbocycles. The second kappa shape index (κ2) is 7.06. The van der Waals surface area contributed by atoms with Crippen LogP contribution in [0.2, 0.25) is 0 Å². The van der Waals surface area contributed by atoms with Gasteiger partial charge in [-0.25, -0.2) is 9.18 Å². The van der Waals surface area contributed by atoms with E-state index in [2.05, 4.69) is 5.32 Å². The molecule has 0 saturated carbocycles. The minimum absolute atomic E-state index is 0.245. The molecule has 0 aliphatic rings. The molecule has 0 bridgehead atoms. The third kappa shape index (κ3) is 6.74. The first kappa shape index (κ1) is 16.9. The average molecular weight is 297 g/mol. The van der Waals surface area contributed by atoms with Crippen molar-refractivity contribution in [3.63, 3.8) is 0 Å². The van der Waals surface area contributed by atoms with Crippen molar-refractivity contribution in [3.05, 3.63) is 30.1 Å². The van der Waals surface area contributed by atoms with Gasteiger partial charge in [-0.3, -0.25) is 4.79 Å². The van der Waals surface area contributed by atoms with E-state index in [1.54, 1.807) is 20.8 Å². The Kier molecular flexibility index (Phi) is 5.69. The molecule has 0 fully saturated rings. The summed E-state index contributed by atoms with van der Waals surface area (Å²) in [5.41, 5.74) is -0.617. The Balaban J connectivity index is 2.41. The molecule has 21 heavy (non-hydrogen) atoms. The van der Waals surface area contributed by atoms with Gasteiger partial charge >= 0.3 is 5.97 Å². The molecule has 1 aromatic carbocycles. The number of amides is 1. The lowest BCUT2D eigenvalue weighted by molar-refractivity contribution is -0.158. The third-order valence-corrected chi connectivity index (χ3v) is 2.30. The normalized spacial score (nSPS) is 12.4. The number of carbonyl (C=O) groups excluding carboxylic acids is 2. The maximum absolute atomic E-state index is 12.9. The molecule has 0 heterocycles. The molecule has 0 spiro atoms. The van der Waals surface area contributed by atoms with Crippen molar-refractivity contribution in [2.24, 2.45) is 0 Å². The summed E-state index contributed by atoms with van der Waals surface area (Å²) in [4.78, 5) is 23.3. The minimum Gasteiger partial charge on any atom is -0.484 e. The number of esters is 1. The lowest BCUT2D eigenvalue weighted by atomic mass is 10.2. The fourth-order valence-corrected chi connectivity index (χ4v) is 1.44. The molecular formula is C15H20FNO4. The number of nitrogens with one attached hydrogen (secondary N) is 1. The highest BCUT2D eigenvalue weighted by Gasteiger charge is 2.22. The highest BCUT2D eigenvalue weighted by molar-refractivity contribution is 5.85. The first-order valence-electron chi connectivity index (χ1n) is 6.58. The van der Waals surface area contributed by atoms with Gasteiger partial charge in [0.25, 0.3) is 5.91 Å². The Bertz CT molecular complexity index is 511. The van der Waals surface area contributed by atoms with Gasteiger partial charge in [-0.15, -0.1) is 0 Å². The number of benzene rings is 1. The molecular weight excluding hydrogens is 277 g/mol. The molecule has 0 radical (unpaired) electrons. The van der Waals surface area contributed by atoms with Gasteiger partial charge in [0, 0.05) is 6.07 Å². The monoisotopic (exact) mass is 297 g/mol. The molecule has 0 aromatic heterocycles. The lowest BCUT2D eigenvalue weighted by Gasteiger charge is -2.22. The Morgan fingerprint density at radius 2 is 2.00 bits per heavy atom. The second-order valence-electron chi connectivity index (χ2n) is 5.57. The van der Waals surface area contributed by atoms with E-state index in [1.165, 1.54) is 31.2 Å². The fraction of sp³-hybridized carbons (Fsp3) is 0.467. The topological polar surface area (TPSA) is 64.6 Å². The highest BCUT2D eigenvalue weighted by atomic mass is 19.1. The van der Waals surface area contributed by atoms with Crippen molar-refractivity contribution in [1.29, 1.82) is 0 Å². The molecule has 0 aliphatic heterocycles. The largest absolute Gasteiger partial charge is 0.484 e. The lowest BCUT2D eigenvalue weighted by Crippen LogP contribution is -2.43. The van der Waals surface area contributed by atoms with Gasteiger partial charge in [0.2, 0.25) is 0 Å². The van der Waals surface area contributed by atoms with Gasteiger partial charge in [0.15, 0.2) is 6.61 Å². The molecule has 1 atom stereocenters. The zero-order chi connectivity index (χ0) is 16.0. The minimum atomic E-state index is -0.784. The number of rotatable bonds is 5. The average Bonchev–Trinajstić information content (AvgIpc) is 2.34. The third-order valence-electron chi connectivity index (χ3n) is 2.30. The van der Waals surface area contributed by atoms with Crippen molar-refractivity contribution in [2.45, 2.75) is 39.3 Å². The van der Waals surface area contributed by atoms with Gasteiger partial charge in [-0.1, -0.05) is 6.07 Å². The summed E-state index contributed by atoms with van der Waals surface area (Å²) >= 11 is 0. The molecule has 0 unspecified atom stereocenters. The van der Waals surface area contributed by atoms with Gasteiger partial charge in [0.1, 0.15) is 23.2 Å². The molecule has 1 amide bonds. The molecule has 1 N–H and O–H groups in total. The van der Waals surface area contributed by atoms with Gasteiger partial charge in [0.05, 0.1) is 0 Å². The van der Waals surface area contributed by atoms with Crippen molar-refractivity contribution in [2.75, 3.05) is 6.61 Å². The summed E-state index contributed by atoms with van der Waals surface area (Å²) in [7, 11) is 0. The van der Waals surface area contributed by atoms with Crippen LogP contribution in [0.5, 0.6) is 5.75 Å². The predicted octanol–water partition coefficient (Wildman–Crippen LogP) is 2.05. The SMILES string of the molecule is C[C@@H](NC(=O)COc1cccc(F)c1)C(=O)OC(C)(C)C. The van der Waals surface area contributed by atoms with Gasteiger partial charge in [-0.2, -0.15) is 0 Å². The number of halogens is 1. The molecule has 5 nitrogen and oxygen atoms in total. The van der Waals surface area contributed by atoms with E-state index in [-0.39, 0.29) is 12.4 Å². The zero-order valence-corrected chi connectivity index (χ0v) is 12.6. The van der Waals surface area contributed by atoms with E-state index in [9.17, 15) is 14.0 Å². The van der Waals surface area contributed by atoms with Crippen molar-refractivity contribution < 1.29 is 23.5 Å². The number of carbonyl (C=O) groups is 2. The van der Waals surface area contributed by atoms with E-state index in [0.717, 1.165) is 0 Å². The summed E-state index contributed by atoms with van der Waals surface area (Å²) < 4.78 is 23.2. The van der Waals surface area contributed by atoms with Gasteiger partial charge in [-0.05, 0) is 39.8 Å². The van der Waals surface area contributed by atoms with E-state index in [0.29, 0.717) is 0 Å². The Labute approximate surface area is 123 Å². The van der Waals surface area contributed by atoms with Crippen molar-refractivity contribution in [3.8, 4) is 5.75 Å². The van der Waals surface area contributed by atoms with Crippen LogP contribution in [0, 0.1) is 5.82 Å². The predicted molar refractivity (Wildman–Crippen MR) is 75.3 cm³/mol. The Morgan fingerprint density at radius 1 is 1.33 bits per heavy atom. The number of hydrogen-bond donors (Lipinski definition) is 1. The second-order valence-corrected chi connectivity index (χ2v) is 5.57. The highest BCUT2D eigenvalue weighted by Crippen LogP contribution is 2.11. The molecule has 6 heteroatoms. The van der Waals surface area contributed by atoms with Crippen LogP contribution in [-0.2, 0) is 14.3 Å². The number of ether oxygens (including phenoxy) is 2. The van der Waals surface area contributed by atoms with E-state index in [4.69, 9.17) is 9.47 Å². The van der Waals surface area contributed by atoms with Crippen LogP contribution in [0.3, 0.4) is 0 Å². The summed E-state index contributed by atoms with van der Waals surface area (Å²) in [6, 6.07) is 4.68. The first-order valence-corrected chi connectivity index (χ1v) is 6.58. The summed E-state index contributed by atoms with van der Waals surface area (Å²) in [6.07, 6.45) is 0. The summed E-state index contributed by atoms with van der Waals surface area (Å²) in [6.45, 7) is 6.44. The van der Waals surface area contributed by atoms with Crippen LogP contribution >= 0.6 is 0 Å². The van der Waals surface area contributed by atoms with Crippen LogP contribution in [0.1, 0.15) is 27.7 Å². The van der Waals surface area contributed by atoms with Crippen LogP contribution in [-0.4, -0.2) is 30.1 Å². The van der Waals surface area contributed by atoms with Crippen molar-refractivity contribution in [1.82, 2.24) is 5.32 Å². The van der Waals surface area contributed by atoms with E-state index < -0.39 is 29.3 Å². The summed E-state index contributed by atoms with van der Waals surface area (Å²) in [5, 5.41) is 2.45. The van der Waals surface area contributed by atoms with Gasteiger partial charge < -0.3 is 14.8 Å². The quantitative estimate of drug-likeness (QED) is 0.845. The fourth-order valence-electron chi connectivity index (χ4n) is 1.44. The maximum atomic E-state index is 12.9. The Hall–Kier alpha value is -2.11. The van der Waals surface area contributed by atoms with Crippen molar-refractivity contribution >= 4 is 11.9 Å². The van der Waals surface area contributed by atoms with Crippen LogP contribution in [0.25, 0.3) is 0 Å². The molecule has 116 valence electrons. The van der Waals surface area contributed by atoms with E-state index >= 15 is 0 Å². The van der Waals surface area contributed by atoms with Crippen LogP contribution < -0.4 is 10.1 Å². The molecule has 1 aromatic rings. The molecule has 1 rings (SSSR count). The standard InChI is InChI=1S/C15H20FNO4/c1-10(14(19)21-15(2,3)4)17-13(18)9-20-12-7-5-6-11(16)8-12/h5-8,10H,9H2,1-4H3,(H,17,18)/t10-/m1/s1. The van der Waals surface area contributed by atoms with Crippen LogP contribution in [0.15, 0.2) is 24.3 Å². The summed E-state index contributed by atoms with van der Waals surface area (Å²) in [5.74, 6) is -1.22. The maximum Gasteiger partial charge on any atom is 0.328 e. The number of hydrogen-bond acceptors (Lipinski definition) is 4. The Morgan fingerprint density at radius 3 is 2.57 bits per heavy atom. The smallest absolute Gasteiger partial charge is 0.328 e. The zero-order valence-electron chi connectivity index (χ0n) is 12.6. The first-order chi connectivity index (χ1) is 9.67. The van der Waals surface area contributed by atoms with Crippen LogP contribution in [0.4, 0.5) is 4.39 Å².